The standard InChI is InChI=1S/C22H15IO7/c23-14-4-2-1-3-12(14)10-29-13-8-17(26)19-18(9-13)30-22(21(28)20(19)27)11-5-6-15(24)16(25)7-11/h1-9,24-26,28H,10H2. The van der Waals surface area contributed by atoms with Crippen LogP contribution >= 0.6 is 22.6 Å². The normalized spacial score (nSPS) is 11.0. The van der Waals surface area contributed by atoms with Crippen LogP contribution in [0.2, 0.25) is 0 Å². The minimum atomic E-state index is -0.833. The number of phenolic OH excluding ortho intramolecular Hbond substituents is 3. The van der Waals surface area contributed by atoms with Crippen LogP contribution in [0.3, 0.4) is 0 Å². The fourth-order valence-corrected chi connectivity index (χ4v) is 3.53. The van der Waals surface area contributed by atoms with E-state index in [-0.39, 0.29) is 40.4 Å². The number of phenols is 3. The molecule has 0 atom stereocenters. The molecule has 0 amide bonds. The molecule has 1 aromatic heterocycles. The monoisotopic (exact) mass is 518 g/mol. The van der Waals surface area contributed by atoms with Crippen LogP contribution in [0.25, 0.3) is 22.3 Å². The van der Waals surface area contributed by atoms with Crippen molar-refractivity contribution in [1.29, 1.82) is 0 Å². The Bertz CT molecular complexity index is 1330. The number of fused-ring (bicyclic) bond motifs is 1. The van der Waals surface area contributed by atoms with Gasteiger partial charge in [0.05, 0.1) is 0 Å². The molecule has 1 heterocycles. The van der Waals surface area contributed by atoms with Crippen LogP contribution in [0.5, 0.6) is 28.7 Å². The molecule has 0 saturated heterocycles. The maximum Gasteiger partial charge on any atom is 0.238 e. The van der Waals surface area contributed by atoms with Crippen LogP contribution in [0.15, 0.2) is 63.8 Å². The van der Waals surface area contributed by atoms with Gasteiger partial charge in [-0.15, -0.1) is 0 Å². The number of ether oxygens (including phenoxy) is 1. The van der Waals surface area contributed by atoms with Gasteiger partial charge in [-0.05, 0) is 46.9 Å². The minimum absolute atomic E-state index is 0.00174. The Morgan fingerprint density at radius 2 is 1.67 bits per heavy atom. The van der Waals surface area contributed by atoms with Gasteiger partial charge in [0.15, 0.2) is 17.3 Å². The van der Waals surface area contributed by atoms with Crippen LogP contribution in [-0.2, 0) is 6.61 Å². The van der Waals surface area contributed by atoms with Gasteiger partial charge in [-0.1, -0.05) is 18.2 Å². The summed E-state index contributed by atoms with van der Waals surface area (Å²) in [5, 5.41) is 39.6. The third-order valence-electron chi connectivity index (χ3n) is 4.51. The first-order valence-corrected chi connectivity index (χ1v) is 9.84. The van der Waals surface area contributed by atoms with E-state index in [0.29, 0.717) is 0 Å². The van der Waals surface area contributed by atoms with Crippen molar-refractivity contribution in [3.8, 4) is 40.1 Å². The first-order chi connectivity index (χ1) is 14.3. The van der Waals surface area contributed by atoms with Crippen molar-refractivity contribution in [3.05, 3.63) is 74.0 Å². The summed E-state index contributed by atoms with van der Waals surface area (Å²) >= 11 is 2.19. The lowest BCUT2D eigenvalue weighted by atomic mass is 10.1. The summed E-state index contributed by atoms with van der Waals surface area (Å²) in [4.78, 5) is 12.6. The second-order valence-electron chi connectivity index (χ2n) is 6.51. The van der Waals surface area contributed by atoms with Crippen molar-refractivity contribution < 1.29 is 29.6 Å². The number of hydrogen-bond donors (Lipinski definition) is 4. The van der Waals surface area contributed by atoms with Gasteiger partial charge in [-0.25, -0.2) is 0 Å². The summed E-state index contributed by atoms with van der Waals surface area (Å²) in [6, 6.07) is 14.1. The summed E-state index contributed by atoms with van der Waals surface area (Å²) in [6.07, 6.45) is 0. The molecule has 0 fully saturated rings. The Labute approximate surface area is 183 Å². The van der Waals surface area contributed by atoms with Gasteiger partial charge in [0.2, 0.25) is 11.2 Å². The topological polar surface area (TPSA) is 120 Å². The van der Waals surface area contributed by atoms with Gasteiger partial charge in [0.1, 0.15) is 29.1 Å². The van der Waals surface area contributed by atoms with Gasteiger partial charge < -0.3 is 29.6 Å². The molecule has 0 aliphatic carbocycles. The Kier molecular flexibility index (Phi) is 5.17. The summed E-state index contributed by atoms with van der Waals surface area (Å²) in [5.74, 6) is -1.85. The zero-order valence-corrected chi connectivity index (χ0v) is 17.5. The van der Waals surface area contributed by atoms with Gasteiger partial charge in [-0.2, -0.15) is 0 Å². The maximum absolute atomic E-state index is 12.6. The predicted octanol–water partition coefficient (Wildman–Crippen LogP) is 4.47. The Hall–Kier alpha value is -3.40. The molecular weight excluding hydrogens is 503 g/mol. The molecule has 152 valence electrons. The average Bonchev–Trinajstić information content (AvgIpc) is 2.72. The highest BCUT2D eigenvalue weighted by Gasteiger charge is 2.20. The van der Waals surface area contributed by atoms with Crippen molar-refractivity contribution in [1.82, 2.24) is 0 Å². The zero-order valence-electron chi connectivity index (χ0n) is 15.3. The number of aromatic hydroxyl groups is 4. The summed E-state index contributed by atoms with van der Waals surface area (Å²) in [7, 11) is 0. The predicted molar refractivity (Wildman–Crippen MR) is 118 cm³/mol. The van der Waals surface area contributed by atoms with E-state index < -0.39 is 22.7 Å². The first-order valence-electron chi connectivity index (χ1n) is 8.76. The smallest absolute Gasteiger partial charge is 0.238 e. The molecule has 0 spiro atoms. The molecule has 0 bridgehead atoms. The molecule has 8 heteroatoms. The second-order valence-corrected chi connectivity index (χ2v) is 7.67. The van der Waals surface area contributed by atoms with Gasteiger partial charge in [0, 0.05) is 26.8 Å². The third-order valence-corrected chi connectivity index (χ3v) is 5.57. The largest absolute Gasteiger partial charge is 0.507 e. The molecule has 0 aliphatic rings. The second kappa shape index (κ2) is 7.79. The summed E-state index contributed by atoms with van der Waals surface area (Å²) < 4.78 is 12.4. The molecule has 0 unspecified atom stereocenters. The van der Waals surface area contributed by atoms with E-state index in [0.717, 1.165) is 15.2 Å². The van der Waals surface area contributed by atoms with E-state index in [1.807, 2.05) is 24.3 Å². The van der Waals surface area contributed by atoms with Crippen molar-refractivity contribution in [2.75, 3.05) is 0 Å². The Morgan fingerprint density at radius 1 is 0.900 bits per heavy atom. The molecule has 30 heavy (non-hydrogen) atoms. The quantitative estimate of drug-likeness (QED) is 0.233. The lowest BCUT2D eigenvalue weighted by Crippen LogP contribution is -2.04. The summed E-state index contributed by atoms with van der Waals surface area (Å²) in [5.41, 5.74) is 0.287. The fourth-order valence-electron chi connectivity index (χ4n) is 2.98. The lowest BCUT2D eigenvalue weighted by Gasteiger charge is -2.11. The minimum Gasteiger partial charge on any atom is -0.507 e. The SMILES string of the molecule is O=c1c(O)c(-c2ccc(O)c(O)c2)oc2cc(OCc3ccccc3I)cc(O)c12. The number of rotatable bonds is 4. The molecule has 4 rings (SSSR count). The van der Waals surface area contributed by atoms with E-state index in [9.17, 15) is 25.2 Å². The Balaban J connectivity index is 1.79. The van der Waals surface area contributed by atoms with E-state index in [1.165, 1.54) is 24.3 Å². The molecule has 7 nitrogen and oxygen atoms in total. The highest BCUT2D eigenvalue weighted by Crippen LogP contribution is 2.38. The van der Waals surface area contributed by atoms with Crippen molar-refractivity contribution in [3.63, 3.8) is 0 Å². The molecule has 4 N–H and O–H groups in total. The lowest BCUT2D eigenvalue weighted by molar-refractivity contribution is 0.303. The van der Waals surface area contributed by atoms with Crippen molar-refractivity contribution >= 4 is 33.6 Å². The fraction of sp³-hybridized carbons (Fsp3) is 0.0455. The number of hydrogen-bond acceptors (Lipinski definition) is 7. The van der Waals surface area contributed by atoms with Crippen molar-refractivity contribution in [2.45, 2.75) is 6.61 Å². The molecule has 0 radical (unpaired) electrons. The summed E-state index contributed by atoms with van der Waals surface area (Å²) in [6.45, 7) is 0.241. The third kappa shape index (κ3) is 3.61. The van der Waals surface area contributed by atoms with Crippen LogP contribution in [-0.4, -0.2) is 20.4 Å². The highest BCUT2D eigenvalue weighted by atomic mass is 127. The highest BCUT2D eigenvalue weighted by molar-refractivity contribution is 14.1. The number of halogens is 1. The first kappa shape index (κ1) is 19.9. The van der Waals surface area contributed by atoms with Gasteiger partial charge in [0.25, 0.3) is 0 Å². The molecule has 3 aromatic carbocycles. The van der Waals surface area contributed by atoms with Crippen molar-refractivity contribution in [2.24, 2.45) is 0 Å². The van der Waals surface area contributed by atoms with Crippen LogP contribution in [0.4, 0.5) is 0 Å². The van der Waals surface area contributed by atoms with E-state index >= 15 is 0 Å². The average molecular weight is 518 g/mol. The van der Waals surface area contributed by atoms with E-state index in [4.69, 9.17) is 9.15 Å². The van der Waals surface area contributed by atoms with E-state index in [1.54, 1.807) is 0 Å². The van der Waals surface area contributed by atoms with E-state index in [2.05, 4.69) is 22.6 Å². The molecule has 4 aromatic rings. The number of benzene rings is 3. The van der Waals surface area contributed by atoms with Crippen LogP contribution < -0.4 is 10.2 Å². The maximum atomic E-state index is 12.6. The van der Waals surface area contributed by atoms with Crippen LogP contribution in [0.1, 0.15) is 5.56 Å². The van der Waals surface area contributed by atoms with Gasteiger partial charge >= 0.3 is 0 Å². The van der Waals surface area contributed by atoms with Gasteiger partial charge in [-0.3, -0.25) is 4.79 Å². The molecular formula is C22H15IO7. The molecule has 0 aliphatic heterocycles. The van der Waals surface area contributed by atoms with Crippen LogP contribution in [0, 0.1) is 3.57 Å². The zero-order chi connectivity index (χ0) is 21.4. The molecule has 0 saturated carbocycles. The Morgan fingerprint density at radius 3 is 2.40 bits per heavy atom.